The SMILES string of the molecule is CCCCOC(=O)N1CCC(C[C]=O)CC1. The second kappa shape index (κ2) is 7.25. The van der Waals surface area contributed by atoms with E-state index >= 15 is 0 Å². The Morgan fingerprint density at radius 2 is 2.12 bits per heavy atom. The lowest BCUT2D eigenvalue weighted by Gasteiger charge is -2.30. The van der Waals surface area contributed by atoms with Gasteiger partial charge in [0, 0.05) is 19.5 Å². The first-order valence-electron chi connectivity index (χ1n) is 6.04. The fraction of sp³-hybridized carbons (Fsp3) is 0.833. The van der Waals surface area contributed by atoms with Crippen LogP contribution in [0.25, 0.3) is 0 Å². The number of likely N-dealkylation sites (tertiary alicyclic amines) is 1. The van der Waals surface area contributed by atoms with Crippen molar-refractivity contribution in [3.8, 4) is 0 Å². The first-order chi connectivity index (χ1) is 7.77. The highest BCUT2D eigenvalue weighted by molar-refractivity contribution is 5.67. The van der Waals surface area contributed by atoms with Crippen LogP contribution in [0.1, 0.15) is 39.0 Å². The van der Waals surface area contributed by atoms with Gasteiger partial charge in [0.25, 0.3) is 0 Å². The lowest BCUT2D eigenvalue weighted by molar-refractivity contribution is 0.0872. The summed E-state index contributed by atoms with van der Waals surface area (Å²) >= 11 is 0. The molecule has 0 aromatic carbocycles. The zero-order chi connectivity index (χ0) is 11.8. The zero-order valence-corrected chi connectivity index (χ0v) is 9.91. The van der Waals surface area contributed by atoms with E-state index in [1.165, 1.54) is 0 Å². The van der Waals surface area contributed by atoms with Gasteiger partial charge in [-0.3, -0.25) is 4.79 Å². The number of hydrogen-bond acceptors (Lipinski definition) is 3. The van der Waals surface area contributed by atoms with Crippen LogP contribution in [0.3, 0.4) is 0 Å². The van der Waals surface area contributed by atoms with Crippen molar-refractivity contribution in [1.29, 1.82) is 0 Å². The number of ether oxygens (including phenoxy) is 1. The Hall–Kier alpha value is -1.06. The third kappa shape index (κ3) is 4.21. The van der Waals surface area contributed by atoms with E-state index < -0.39 is 0 Å². The lowest BCUT2D eigenvalue weighted by atomic mass is 9.94. The largest absolute Gasteiger partial charge is 0.449 e. The van der Waals surface area contributed by atoms with Crippen LogP contribution >= 0.6 is 0 Å². The van der Waals surface area contributed by atoms with Crippen molar-refractivity contribution in [2.24, 2.45) is 5.92 Å². The minimum atomic E-state index is -0.206. The Labute approximate surface area is 96.9 Å². The van der Waals surface area contributed by atoms with Gasteiger partial charge in [-0.1, -0.05) is 13.3 Å². The molecule has 0 unspecified atom stereocenters. The van der Waals surface area contributed by atoms with Crippen molar-refractivity contribution >= 4 is 12.4 Å². The number of piperidine rings is 1. The molecule has 1 fully saturated rings. The number of carbonyl (C=O) groups excluding carboxylic acids is 2. The molecule has 4 heteroatoms. The molecule has 0 spiro atoms. The quantitative estimate of drug-likeness (QED) is 0.675. The molecule has 1 saturated heterocycles. The normalized spacial score (nSPS) is 17.2. The summed E-state index contributed by atoms with van der Waals surface area (Å²) in [4.78, 5) is 23.5. The second-order valence-corrected chi connectivity index (χ2v) is 4.25. The van der Waals surface area contributed by atoms with Crippen LogP contribution in [-0.4, -0.2) is 37.0 Å². The molecule has 0 aromatic rings. The monoisotopic (exact) mass is 226 g/mol. The Kier molecular flexibility index (Phi) is 5.90. The molecule has 4 nitrogen and oxygen atoms in total. The smallest absolute Gasteiger partial charge is 0.409 e. The minimum absolute atomic E-state index is 0.206. The Morgan fingerprint density at radius 3 is 2.69 bits per heavy atom. The highest BCUT2D eigenvalue weighted by Gasteiger charge is 2.23. The van der Waals surface area contributed by atoms with Crippen molar-refractivity contribution in [3.05, 3.63) is 0 Å². The molecule has 0 atom stereocenters. The van der Waals surface area contributed by atoms with E-state index in [1.54, 1.807) is 4.90 Å². The van der Waals surface area contributed by atoms with Crippen LogP contribution in [0.5, 0.6) is 0 Å². The Balaban J connectivity index is 2.19. The van der Waals surface area contributed by atoms with Gasteiger partial charge in [0.15, 0.2) is 6.29 Å². The standard InChI is InChI=1S/C12H20NO3/c1-2-3-10-16-12(15)13-7-4-11(5-8-13)6-9-14/h11H,2-8,10H2,1H3. The van der Waals surface area contributed by atoms with E-state index in [0.717, 1.165) is 25.7 Å². The van der Waals surface area contributed by atoms with Gasteiger partial charge in [0.1, 0.15) is 0 Å². The van der Waals surface area contributed by atoms with Crippen molar-refractivity contribution in [2.45, 2.75) is 39.0 Å². The molecule has 0 aliphatic carbocycles. The molecular weight excluding hydrogens is 206 g/mol. The van der Waals surface area contributed by atoms with Crippen molar-refractivity contribution in [3.63, 3.8) is 0 Å². The van der Waals surface area contributed by atoms with Crippen molar-refractivity contribution in [2.75, 3.05) is 19.7 Å². The summed E-state index contributed by atoms with van der Waals surface area (Å²) in [6, 6.07) is 0. The van der Waals surface area contributed by atoms with Gasteiger partial charge in [0.2, 0.25) is 0 Å². The summed E-state index contributed by atoms with van der Waals surface area (Å²) in [5, 5.41) is 0. The molecule has 1 heterocycles. The van der Waals surface area contributed by atoms with E-state index in [0.29, 0.717) is 32.0 Å². The molecule has 1 rings (SSSR count). The van der Waals surface area contributed by atoms with Crippen molar-refractivity contribution in [1.82, 2.24) is 4.90 Å². The zero-order valence-electron chi connectivity index (χ0n) is 9.91. The fourth-order valence-corrected chi connectivity index (χ4v) is 1.83. The Morgan fingerprint density at radius 1 is 1.44 bits per heavy atom. The molecule has 0 bridgehead atoms. The molecule has 1 aliphatic heterocycles. The lowest BCUT2D eigenvalue weighted by Crippen LogP contribution is -2.39. The predicted molar refractivity (Wildman–Crippen MR) is 60.9 cm³/mol. The number of nitrogens with zero attached hydrogens (tertiary/aromatic N) is 1. The summed E-state index contributed by atoms with van der Waals surface area (Å²) in [6.07, 6.45) is 5.96. The highest BCUT2D eigenvalue weighted by Crippen LogP contribution is 2.19. The summed E-state index contributed by atoms with van der Waals surface area (Å²) in [5.41, 5.74) is 0. The van der Waals surface area contributed by atoms with Gasteiger partial charge >= 0.3 is 6.09 Å². The van der Waals surface area contributed by atoms with Gasteiger partial charge < -0.3 is 9.64 Å². The molecule has 0 aromatic heterocycles. The van der Waals surface area contributed by atoms with Gasteiger partial charge in [-0.2, -0.15) is 0 Å². The fourth-order valence-electron chi connectivity index (χ4n) is 1.83. The number of amides is 1. The van der Waals surface area contributed by atoms with E-state index in [-0.39, 0.29) is 6.09 Å². The maximum Gasteiger partial charge on any atom is 0.409 e. The van der Waals surface area contributed by atoms with E-state index in [2.05, 4.69) is 6.92 Å². The van der Waals surface area contributed by atoms with Gasteiger partial charge in [-0.05, 0) is 25.2 Å². The Bertz CT molecular complexity index is 222. The molecule has 0 saturated carbocycles. The second-order valence-electron chi connectivity index (χ2n) is 4.25. The van der Waals surface area contributed by atoms with Gasteiger partial charge in [0.05, 0.1) is 6.61 Å². The van der Waals surface area contributed by atoms with E-state index in [1.807, 2.05) is 6.29 Å². The average Bonchev–Trinajstić information content (AvgIpc) is 2.30. The number of rotatable bonds is 5. The molecular formula is C12H20NO3. The number of carbonyl (C=O) groups is 1. The van der Waals surface area contributed by atoms with Crippen LogP contribution in [0, 0.1) is 5.92 Å². The van der Waals surface area contributed by atoms with Crippen LogP contribution in [0.15, 0.2) is 0 Å². The van der Waals surface area contributed by atoms with Crippen molar-refractivity contribution < 1.29 is 14.3 Å². The molecule has 16 heavy (non-hydrogen) atoms. The first kappa shape index (κ1) is 13.0. The predicted octanol–water partition coefficient (Wildman–Crippen LogP) is 2.13. The van der Waals surface area contributed by atoms with Gasteiger partial charge in [-0.15, -0.1) is 0 Å². The number of hydrogen-bond donors (Lipinski definition) is 0. The summed E-state index contributed by atoms with van der Waals surface area (Å²) in [7, 11) is 0. The summed E-state index contributed by atoms with van der Waals surface area (Å²) < 4.78 is 5.13. The number of unbranched alkanes of at least 4 members (excludes halogenated alkanes) is 1. The molecule has 1 radical (unpaired) electrons. The third-order valence-electron chi connectivity index (χ3n) is 2.97. The summed E-state index contributed by atoms with van der Waals surface area (Å²) in [5.74, 6) is 0.400. The van der Waals surface area contributed by atoms with Crippen LogP contribution < -0.4 is 0 Å². The van der Waals surface area contributed by atoms with Crippen LogP contribution in [0.2, 0.25) is 0 Å². The maximum absolute atomic E-state index is 11.6. The highest BCUT2D eigenvalue weighted by atomic mass is 16.6. The topological polar surface area (TPSA) is 46.6 Å². The minimum Gasteiger partial charge on any atom is -0.449 e. The van der Waals surface area contributed by atoms with E-state index in [9.17, 15) is 9.59 Å². The van der Waals surface area contributed by atoms with Crippen LogP contribution in [-0.2, 0) is 9.53 Å². The van der Waals surface area contributed by atoms with E-state index in [4.69, 9.17) is 4.74 Å². The molecule has 1 aliphatic rings. The average molecular weight is 226 g/mol. The first-order valence-corrected chi connectivity index (χ1v) is 6.04. The maximum atomic E-state index is 11.6. The van der Waals surface area contributed by atoms with Gasteiger partial charge in [-0.25, -0.2) is 4.79 Å². The summed E-state index contributed by atoms with van der Waals surface area (Å²) in [6.45, 7) is 3.99. The third-order valence-corrected chi connectivity index (χ3v) is 2.97. The molecule has 0 N–H and O–H groups in total. The molecule has 1 amide bonds. The van der Waals surface area contributed by atoms with Crippen LogP contribution in [0.4, 0.5) is 4.79 Å². The molecule has 91 valence electrons.